The third-order valence-corrected chi connectivity index (χ3v) is 4.77. The molecular weight excluding hydrogens is 180 g/mol. The average Bonchev–Trinajstić information content (AvgIpc) is 2.00. The van der Waals surface area contributed by atoms with E-state index in [2.05, 4.69) is 6.58 Å². The Bertz CT molecular complexity index is 157. The van der Waals surface area contributed by atoms with Crippen molar-refractivity contribution in [1.29, 1.82) is 0 Å². The van der Waals surface area contributed by atoms with Gasteiger partial charge in [0, 0.05) is 6.08 Å². The van der Waals surface area contributed by atoms with Gasteiger partial charge in [-0.3, -0.25) is 0 Å². The Morgan fingerprint density at radius 3 is 2.73 bits per heavy atom. The Balaban J connectivity index is 3.69. The number of hydrogen-bond acceptors (Lipinski definition) is 2. The highest BCUT2D eigenvalue weighted by Crippen LogP contribution is 2.14. The second-order valence-electron chi connectivity index (χ2n) is 2.58. The molecule has 0 fully saturated rings. The molecule has 0 aliphatic rings. The van der Waals surface area contributed by atoms with E-state index in [9.17, 15) is 4.79 Å². The van der Waals surface area contributed by atoms with Crippen LogP contribution in [-0.2, 0) is 9.53 Å². The number of rotatable bonds is 4. The van der Waals surface area contributed by atoms with E-state index in [0.29, 0.717) is 6.23 Å². The van der Waals surface area contributed by atoms with E-state index in [-0.39, 0.29) is 0 Å². The van der Waals surface area contributed by atoms with Crippen LogP contribution in [0.5, 0.6) is 0 Å². The van der Waals surface area contributed by atoms with Gasteiger partial charge in [0.15, 0.2) is 7.38 Å². The molecule has 0 aromatic rings. The molecule has 1 unspecified atom stereocenters. The molecule has 0 rings (SSSR count). The normalized spacial score (nSPS) is 15.2. The molecule has 0 aliphatic heterocycles. The van der Waals surface area contributed by atoms with Crippen molar-refractivity contribution in [2.45, 2.75) is 19.5 Å². The summed E-state index contributed by atoms with van der Waals surface area (Å²) in [5.41, 5.74) is 0. The van der Waals surface area contributed by atoms with Crippen LogP contribution in [0.4, 0.5) is 0 Å². The second kappa shape index (κ2) is 4.57. The first kappa shape index (κ1) is 10.7. The zero-order chi connectivity index (χ0) is 8.91. The fourth-order valence-corrected chi connectivity index (χ4v) is 1.19. The van der Waals surface area contributed by atoms with Crippen molar-refractivity contribution < 1.29 is 9.53 Å². The monoisotopic (exact) mass is 192 g/mol. The largest absolute Gasteiger partial charge is 0.465 e. The van der Waals surface area contributed by atoms with Crippen LogP contribution in [0, 0.1) is 0 Å². The van der Waals surface area contributed by atoms with Crippen LogP contribution in [0.25, 0.3) is 0 Å². The van der Waals surface area contributed by atoms with Crippen molar-refractivity contribution >= 4 is 24.4 Å². The van der Waals surface area contributed by atoms with Gasteiger partial charge in [0.25, 0.3) is 0 Å². The lowest BCUT2D eigenvalue weighted by Crippen LogP contribution is -2.29. The van der Waals surface area contributed by atoms with E-state index in [1.54, 1.807) is 0 Å². The van der Waals surface area contributed by atoms with Crippen molar-refractivity contribution in [2.24, 2.45) is 0 Å². The maximum absolute atomic E-state index is 10.6. The number of carbonyl (C=O) groups is 1. The molecule has 0 saturated heterocycles. The molecule has 0 aromatic heterocycles. The molecule has 0 heterocycles. The molecule has 4 heteroatoms. The summed E-state index contributed by atoms with van der Waals surface area (Å²) in [6, 6.07) is 0.902. The topological polar surface area (TPSA) is 26.3 Å². The van der Waals surface area contributed by atoms with Crippen molar-refractivity contribution in [3.63, 3.8) is 0 Å². The lowest BCUT2D eigenvalue weighted by molar-refractivity contribution is -0.135. The van der Waals surface area contributed by atoms with E-state index < -0.39 is 13.4 Å². The Kier molecular flexibility index (Phi) is 4.45. The molecule has 64 valence electrons. The average molecular weight is 193 g/mol. The molecule has 0 amide bonds. The number of halogens is 1. The number of esters is 1. The lowest BCUT2D eigenvalue weighted by atomic mass is 10.7. The number of hydrogen-bond donors (Lipinski definition) is 0. The molecule has 0 saturated carbocycles. The summed E-state index contributed by atoms with van der Waals surface area (Å²) >= 11 is 6.05. The maximum atomic E-state index is 10.6. The summed E-state index contributed by atoms with van der Waals surface area (Å²) < 4.78 is 4.82. The third kappa shape index (κ3) is 5.04. The van der Waals surface area contributed by atoms with Gasteiger partial charge in [0.1, 0.15) is 0 Å². The van der Waals surface area contributed by atoms with Gasteiger partial charge in [-0.2, -0.15) is 11.1 Å². The van der Waals surface area contributed by atoms with Gasteiger partial charge in [-0.05, 0) is 6.04 Å². The van der Waals surface area contributed by atoms with Gasteiger partial charge < -0.3 is 4.74 Å². The van der Waals surface area contributed by atoms with Gasteiger partial charge in [-0.1, -0.05) is 20.0 Å². The minimum atomic E-state index is -1.77. The predicted molar refractivity (Wildman–Crippen MR) is 49.1 cm³/mol. The molecule has 0 N–H and O–H groups in total. The Hall–Kier alpha value is -0.283. The zero-order valence-electron chi connectivity index (χ0n) is 6.89. The highest BCUT2D eigenvalue weighted by molar-refractivity contribution is 7.19. The lowest BCUT2D eigenvalue weighted by Gasteiger charge is -2.15. The van der Waals surface area contributed by atoms with E-state index in [1.165, 1.54) is 0 Å². The van der Waals surface area contributed by atoms with Crippen LogP contribution < -0.4 is 0 Å². The predicted octanol–water partition coefficient (Wildman–Crippen LogP) is 2.09. The molecule has 2 nitrogen and oxygen atoms in total. The minimum Gasteiger partial charge on any atom is -0.465 e. The van der Waals surface area contributed by atoms with Crippen LogP contribution >= 0.6 is 11.1 Å². The van der Waals surface area contributed by atoms with E-state index in [0.717, 1.165) is 12.1 Å². The molecule has 0 spiro atoms. The van der Waals surface area contributed by atoms with Gasteiger partial charge in [0.2, 0.25) is 0 Å². The summed E-state index contributed by atoms with van der Waals surface area (Å²) in [7, 11) is -1.77. The molecule has 0 aromatic carbocycles. The molecule has 0 radical (unpaired) electrons. The van der Waals surface area contributed by atoms with Gasteiger partial charge in [-0.15, -0.1) is 0 Å². The number of ether oxygens (including phenoxy) is 1. The number of carbonyl (C=O) groups excluding carboxylic acids is 1. The van der Waals surface area contributed by atoms with Crippen LogP contribution in [0.2, 0.25) is 12.6 Å². The van der Waals surface area contributed by atoms with Crippen molar-refractivity contribution in [3.05, 3.63) is 12.7 Å². The standard InChI is InChI=1S/C7H13ClO2Si/c1-4-7(9)10-6-11(3,8)5-2/h4H,1,5-6H2,2-3H3. The summed E-state index contributed by atoms with van der Waals surface area (Å²) in [5, 5.41) is 0. The highest BCUT2D eigenvalue weighted by Gasteiger charge is 2.23. The second-order valence-corrected chi connectivity index (χ2v) is 9.14. The smallest absolute Gasteiger partial charge is 0.329 e. The van der Waals surface area contributed by atoms with Crippen molar-refractivity contribution in [1.82, 2.24) is 0 Å². The van der Waals surface area contributed by atoms with Gasteiger partial charge >= 0.3 is 5.97 Å². The zero-order valence-corrected chi connectivity index (χ0v) is 8.65. The molecule has 11 heavy (non-hydrogen) atoms. The molecule has 0 bridgehead atoms. The van der Waals surface area contributed by atoms with Crippen molar-refractivity contribution in [2.75, 3.05) is 6.23 Å². The highest BCUT2D eigenvalue weighted by atomic mass is 35.6. The minimum absolute atomic E-state index is 0.371. The Labute approximate surface area is 72.9 Å². The van der Waals surface area contributed by atoms with Crippen LogP contribution in [0.3, 0.4) is 0 Å². The molecule has 1 atom stereocenters. The first-order valence-electron chi connectivity index (χ1n) is 3.50. The first-order chi connectivity index (χ1) is 5.02. The van der Waals surface area contributed by atoms with Crippen molar-refractivity contribution in [3.8, 4) is 0 Å². The summed E-state index contributed by atoms with van der Waals surface area (Å²) in [5.74, 6) is -0.391. The third-order valence-electron chi connectivity index (χ3n) is 1.42. The Morgan fingerprint density at radius 1 is 1.82 bits per heavy atom. The summed E-state index contributed by atoms with van der Waals surface area (Å²) in [4.78, 5) is 10.6. The van der Waals surface area contributed by atoms with Crippen LogP contribution in [0.15, 0.2) is 12.7 Å². The fourth-order valence-electron chi connectivity index (χ4n) is 0.383. The quantitative estimate of drug-likeness (QED) is 0.295. The van der Waals surface area contributed by atoms with Gasteiger partial charge in [0.05, 0.1) is 6.23 Å². The maximum Gasteiger partial charge on any atom is 0.329 e. The SMILES string of the molecule is C=CC(=O)OC[Si](C)(Cl)CC. The van der Waals surface area contributed by atoms with Gasteiger partial charge in [-0.25, -0.2) is 4.79 Å². The summed E-state index contributed by atoms with van der Waals surface area (Å²) in [6.45, 7) is 7.25. The van der Waals surface area contributed by atoms with Crippen LogP contribution in [-0.4, -0.2) is 19.6 Å². The molecule has 0 aliphatic carbocycles. The fraction of sp³-hybridized carbons (Fsp3) is 0.571. The van der Waals surface area contributed by atoms with E-state index in [1.807, 2.05) is 13.5 Å². The molecular formula is C7H13ClO2Si. The summed E-state index contributed by atoms with van der Waals surface area (Å²) in [6.07, 6.45) is 1.52. The van der Waals surface area contributed by atoms with E-state index in [4.69, 9.17) is 15.8 Å². The first-order valence-corrected chi connectivity index (χ1v) is 7.42. The Morgan fingerprint density at radius 2 is 2.36 bits per heavy atom. The van der Waals surface area contributed by atoms with E-state index >= 15 is 0 Å². The van der Waals surface area contributed by atoms with Crippen LogP contribution in [0.1, 0.15) is 6.92 Å².